The summed E-state index contributed by atoms with van der Waals surface area (Å²) < 4.78 is 9.70. The summed E-state index contributed by atoms with van der Waals surface area (Å²) in [7, 11) is 2.58. The summed E-state index contributed by atoms with van der Waals surface area (Å²) in [5, 5.41) is 7.66. The van der Waals surface area contributed by atoms with Crippen LogP contribution in [-0.2, 0) is 25.5 Å². The number of amides is 4. The Hall–Kier alpha value is -7.72. The van der Waals surface area contributed by atoms with Gasteiger partial charge in [-0.05, 0) is 95.0 Å². The van der Waals surface area contributed by atoms with E-state index in [1.165, 1.54) is 14.2 Å². The van der Waals surface area contributed by atoms with E-state index in [1.54, 1.807) is 11.1 Å². The molecule has 2 saturated heterocycles. The van der Waals surface area contributed by atoms with Gasteiger partial charge in [-0.2, -0.15) is 0 Å². The van der Waals surface area contributed by atoms with E-state index in [0.29, 0.717) is 30.9 Å². The number of H-pyrrole nitrogens is 1. The first-order valence-electron chi connectivity index (χ1n) is 22.8. The van der Waals surface area contributed by atoms with Gasteiger partial charge >= 0.3 is 12.2 Å². The fourth-order valence-corrected chi connectivity index (χ4v) is 9.63. The number of carbonyl (C=O) groups is 4. The number of rotatable bonds is 10. The van der Waals surface area contributed by atoms with Crippen molar-refractivity contribution in [3.8, 4) is 34.2 Å². The van der Waals surface area contributed by atoms with E-state index >= 15 is 0 Å². The normalized spacial score (nSPS) is 17.3. The molecule has 340 valence electrons. The van der Waals surface area contributed by atoms with Gasteiger partial charge in [-0.1, -0.05) is 105 Å². The lowest BCUT2D eigenvalue weighted by Crippen LogP contribution is -2.53. The molecule has 13 nitrogen and oxygen atoms in total. The van der Waals surface area contributed by atoms with Crippen LogP contribution in [0, 0.1) is 17.8 Å². The van der Waals surface area contributed by atoms with Crippen LogP contribution < -0.4 is 10.6 Å². The minimum atomic E-state index is -0.911. The average molecular weight is 896 g/mol. The van der Waals surface area contributed by atoms with Crippen LogP contribution in [0.5, 0.6) is 0 Å². The molecule has 0 unspecified atom stereocenters. The van der Waals surface area contributed by atoms with Gasteiger partial charge in [0, 0.05) is 41.9 Å². The lowest BCUT2D eigenvalue weighted by Gasteiger charge is -2.30. The number of imidazole rings is 1. The van der Waals surface area contributed by atoms with Crippen LogP contribution in [0.4, 0.5) is 15.3 Å². The topological polar surface area (TPSA) is 158 Å². The number of ether oxygens (including phenoxy) is 2. The Balaban J connectivity index is 0.985. The molecule has 4 heterocycles. The van der Waals surface area contributed by atoms with Gasteiger partial charge in [-0.15, -0.1) is 0 Å². The highest BCUT2D eigenvalue weighted by Gasteiger charge is 2.40. The summed E-state index contributed by atoms with van der Waals surface area (Å²) in [4.78, 5) is 69.6. The van der Waals surface area contributed by atoms with E-state index in [-0.39, 0.29) is 29.8 Å². The molecule has 3 aliphatic rings. The second-order valence-electron chi connectivity index (χ2n) is 17.6. The van der Waals surface area contributed by atoms with Gasteiger partial charge in [0.2, 0.25) is 5.91 Å². The number of alkyl carbamates (subject to hydrolysis) is 2. The van der Waals surface area contributed by atoms with Gasteiger partial charge in [0.1, 0.15) is 17.9 Å². The molecule has 3 N–H and O–H groups in total. The summed E-state index contributed by atoms with van der Waals surface area (Å²) in [5.74, 6) is 7.06. The van der Waals surface area contributed by atoms with Crippen molar-refractivity contribution in [1.29, 1.82) is 0 Å². The molecule has 6 aromatic rings. The molecule has 1 aromatic heterocycles. The summed E-state index contributed by atoms with van der Waals surface area (Å²) in [6, 6.07) is 33.9. The van der Waals surface area contributed by atoms with E-state index in [1.807, 2.05) is 79.4 Å². The molecule has 0 saturated carbocycles. The first kappa shape index (κ1) is 44.5. The van der Waals surface area contributed by atoms with Crippen molar-refractivity contribution in [1.82, 2.24) is 30.4 Å². The lowest BCUT2D eigenvalue weighted by molar-refractivity contribution is -0.135. The number of nitrogens with zero attached hydrogens (tertiary/aromatic N) is 4. The Morgan fingerprint density at radius 2 is 1.43 bits per heavy atom. The molecule has 0 aliphatic carbocycles. The molecule has 0 radical (unpaired) electrons. The highest BCUT2D eigenvalue weighted by molar-refractivity contribution is 6.06. The second-order valence-corrected chi connectivity index (χ2v) is 17.6. The Labute approximate surface area is 390 Å². The highest BCUT2D eigenvalue weighted by atomic mass is 16.5. The van der Waals surface area contributed by atoms with Crippen molar-refractivity contribution in [3.05, 3.63) is 143 Å². The van der Waals surface area contributed by atoms with Crippen LogP contribution in [0.25, 0.3) is 33.2 Å². The fourth-order valence-electron chi connectivity index (χ4n) is 9.63. The molecule has 4 amide bonds. The van der Waals surface area contributed by atoms with Crippen LogP contribution >= 0.6 is 0 Å². The second kappa shape index (κ2) is 19.4. The number of aliphatic imine (C=N–C) groups is 1. The standard InChI is InChI=1S/C54H53N7O6/c1-33(2)48(58-53(64)66-3)51(62)60-27-11-17-46(60)44-31-42-41-25-21-37(29-38(41)23-26-43(42)56-44)40-24-22-39(30-36(40)20-19-34-13-7-5-8-14-34)45-32-55-50(57-45)47-18-12-28-61(47)52(63)49(59-54(65)67-4)35-15-9-6-10-16-35/h5-10,13-16,21-26,29-30,32-33,46-49H,11-12,17-18,27-28,31H2,1-4H3,(H,55,57)(H,58,64)(H,59,65)/t46-,47-,48-,49+/m0/s1. The molecule has 67 heavy (non-hydrogen) atoms. The zero-order chi connectivity index (χ0) is 46.6. The van der Waals surface area contributed by atoms with Crippen molar-refractivity contribution in [2.45, 2.75) is 70.1 Å². The molecular formula is C54H53N7O6. The Kier molecular flexibility index (Phi) is 12.9. The number of aromatic nitrogens is 2. The number of methoxy groups -OCH3 is 2. The molecular weight excluding hydrogens is 843 g/mol. The molecule has 13 heteroatoms. The summed E-state index contributed by atoms with van der Waals surface area (Å²) >= 11 is 0. The number of fused-ring (bicyclic) bond motifs is 3. The summed E-state index contributed by atoms with van der Waals surface area (Å²) in [6.07, 6.45) is 4.33. The molecule has 0 spiro atoms. The fraction of sp³-hybridized carbons (Fsp3) is 0.296. The summed E-state index contributed by atoms with van der Waals surface area (Å²) in [5.41, 5.74) is 9.11. The van der Waals surface area contributed by atoms with Gasteiger partial charge in [0.15, 0.2) is 0 Å². The van der Waals surface area contributed by atoms with Crippen molar-refractivity contribution in [3.63, 3.8) is 0 Å². The van der Waals surface area contributed by atoms with Crippen LogP contribution in [0.15, 0.2) is 120 Å². The third kappa shape index (κ3) is 9.25. The van der Waals surface area contributed by atoms with E-state index in [0.717, 1.165) is 86.9 Å². The van der Waals surface area contributed by atoms with Gasteiger partial charge in [-0.25, -0.2) is 14.6 Å². The zero-order valence-corrected chi connectivity index (χ0v) is 38.0. The minimum absolute atomic E-state index is 0.112. The number of hydrogen-bond donors (Lipinski definition) is 3. The van der Waals surface area contributed by atoms with Crippen molar-refractivity contribution in [2.75, 3.05) is 27.3 Å². The average Bonchev–Trinajstić information content (AvgIpc) is 4.21. The number of hydrogen-bond acceptors (Lipinski definition) is 8. The first-order valence-corrected chi connectivity index (χ1v) is 22.8. The number of carbonyl (C=O) groups excluding carboxylic acids is 4. The number of nitrogens with one attached hydrogen (secondary N) is 3. The number of aromatic amines is 1. The molecule has 5 aromatic carbocycles. The van der Waals surface area contributed by atoms with Gasteiger partial charge < -0.3 is 34.9 Å². The van der Waals surface area contributed by atoms with E-state index < -0.39 is 24.3 Å². The minimum Gasteiger partial charge on any atom is -0.453 e. The van der Waals surface area contributed by atoms with E-state index in [4.69, 9.17) is 19.5 Å². The Morgan fingerprint density at radius 3 is 2.16 bits per heavy atom. The highest BCUT2D eigenvalue weighted by Crippen LogP contribution is 2.39. The molecule has 0 bridgehead atoms. The SMILES string of the molecule is COC(=O)N[C@H](C(=O)N1CCC[C@H]1C1=Nc2ccc3cc(-c4ccc(-c5cnc([C@@H]6CCCN6C(=O)[C@H](NC(=O)OC)c6ccccc6)[nH]5)cc4C#Cc4ccccc4)ccc3c2C1)C(C)C. The van der Waals surface area contributed by atoms with Crippen LogP contribution in [-0.4, -0.2) is 88.9 Å². The molecule has 3 aliphatic heterocycles. The van der Waals surface area contributed by atoms with Gasteiger partial charge in [-0.3, -0.25) is 14.6 Å². The monoisotopic (exact) mass is 895 g/mol. The predicted octanol–water partition coefficient (Wildman–Crippen LogP) is 9.06. The molecule has 9 rings (SSSR count). The van der Waals surface area contributed by atoms with E-state index in [2.05, 4.69) is 76.0 Å². The third-order valence-electron chi connectivity index (χ3n) is 13.1. The summed E-state index contributed by atoms with van der Waals surface area (Å²) in [6.45, 7) is 4.98. The smallest absolute Gasteiger partial charge is 0.407 e. The maximum absolute atomic E-state index is 14.1. The van der Waals surface area contributed by atoms with Crippen LogP contribution in [0.3, 0.4) is 0 Å². The predicted molar refractivity (Wildman–Crippen MR) is 258 cm³/mol. The molecule has 2 fully saturated rings. The lowest BCUT2D eigenvalue weighted by atomic mass is 9.92. The first-order chi connectivity index (χ1) is 32.6. The number of benzene rings is 5. The maximum atomic E-state index is 14.1. The van der Waals surface area contributed by atoms with Gasteiger partial charge in [0.25, 0.3) is 5.91 Å². The Morgan fingerprint density at radius 1 is 0.746 bits per heavy atom. The van der Waals surface area contributed by atoms with Crippen molar-refractivity contribution >= 4 is 46.2 Å². The number of likely N-dealkylation sites (tertiary alicyclic amines) is 2. The molecule has 4 atom stereocenters. The largest absolute Gasteiger partial charge is 0.453 e. The Bertz CT molecular complexity index is 2940. The van der Waals surface area contributed by atoms with Crippen molar-refractivity contribution < 1.29 is 28.7 Å². The van der Waals surface area contributed by atoms with Gasteiger partial charge in [0.05, 0.1) is 43.9 Å². The van der Waals surface area contributed by atoms with Crippen LogP contribution in [0.1, 0.15) is 79.7 Å². The zero-order valence-electron chi connectivity index (χ0n) is 38.0. The third-order valence-corrected chi connectivity index (χ3v) is 13.1. The van der Waals surface area contributed by atoms with E-state index in [9.17, 15) is 19.2 Å². The van der Waals surface area contributed by atoms with Crippen molar-refractivity contribution in [2.24, 2.45) is 10.9 Å². The quantitative estimate of drug-likeness (QED) is 0.116. The van der Waals surface area contributed by atoms with Crippen LogP contribution in [0.2, 0.25) is 0 Å². The maximum Gasteiger partial charge on any atom is 0.407 e.